The number of carbonyl (C=O) groups is 2. The molecule has 0 aromatic carbocycles. The summed E-state index contributed by atoms with van der Waals surface area (Å²) in [6.07, 6.45) is 3.12. The molecule has 0 amide bonds. The number of carbonyl (C=O) groups excluding carboxylic acids is 1. The molecule has 5 heteroatoms. The van der Waals surface area contributed by atoms with Gasteiger partial charge in [-0.1, -0.05) is 0 Å². The van der Waals surface area contributed by atoms with Gasteiger partial charge in [0.15, 0.2) is 0 Å². The minimum atomic E-state index is -0.963. The second kappa shape index (κ2) is 3.73. The van der Waals surface area contributed by atoms with Crippen LogP contribution >= 0.6 is 0 Å². The molecule has 1 aromatic rings. The van der Waals surface area contributed by atoms with Gasteiger partial charge in [-0.3, -0.25) is 14.3 Å². The monoisotopic (exact) mass is 222 g/mol. The molecule has 0 aliphatic heterocycles. The van der Waals surface area contributed by atoms with Crippen molar-refractivity contribution in [2.75, 3.05) is 0 Å². The van der Waals surface area contributed by atoms with Crippen LogP contribution in [0.2, 0.25) is 0 Å². The maximum atomic E-state index is 11.4. The van der Waals surface area contributed by atoms with Crippen molar-refractivity contribution < 1.29 is 14.7 Å². The van der Waals surface area contributed by atoms with Crippen molar-refractivity contribution in [3.05, 3.63) is 18.0 Å². The second-order valence-corrected chi connectivity index (χ2v) is 4.30. The van der Waals surface area contributed by atoms with Gasteiger partial charge in [-0.2, -0.15) is 5.10 Å². The molecule has 0 saturated heterocycles. The van der Waals surface area contributed by atoms with E-state index < -0.39 is 11.4 Å². The van der Waals surface area contributed by atoms with E-state index in [9.17, 15) is 14.7 Å². The topological polar surface area (TPSA) is 72.2 Å². The molecule has 0 radical (unpaired) electrons. The molecule has 1 heterocycles. The van der Waals surface area contributed by atoms with Crippen molar-refractivity contribution in [1.82, 2.24) is 9.78 Å². The quantitative estimate of drug-likeness (QED) is 0.806. The third-order valence-corrected chi connectivity index (χ3v) is 3.27. The number of nitrogens with zero attached hydrogens (tertiary/aromatic N) is 2. The van der Waals surface area contributed by atoms with E-state index in [1.807, 2.05) is 0 Å². The third-order valence-electron chi connectivity index (χ3n) is 3.27. The predicted molar refractivity (Wildman–Crippen MR) is 56.0 cm³/mol. The molecular weight excluding hydrogens is 208 g/mol. The van der Waals surface area contributed by atoms with Crippen LogP contribution in [0.3, 0.4) is 0 Å². The Morgan fingerprint density at radius 2 is 2.12 bits per heavy atom. The Kier molecular flexibility index (Phi) is 2.53. The Morgan fingerprint density at radius 1 is 1.50 bits per heavy atom. The molecule has 1 aromatic heterocycles. The lowest BCUT2D eigenvalue weighted by Gasteiger charge is -2.30. The zero-order valence-electron chi connectivity index (χ0n) is 9.14. The van der Waals surface area contributed by atoms with Crippen molar-refractivity contribution in [2.24, 2.45) is 7.05 Å². The number of rotatable bonds is 2. The minimum Gasteiger partial charge on any atom is -0.481 e. The summed E-state index contributed by atoms with van der Waals surface area (Å²) in [6.45, 7) is 0. The highest BCUT2D eigenvalue weighted by Crippen LogP contribution is 2.37. The van der Waals surface area contributed by atoms with Crippen LogP contribution in [0.1, 0.15) is 31.4 Å². The molecule has 16 heavy (non-hydrogen) atoms. The average Bonchev–Trinajstić information content (AvgIpc) is 2.66. The molecule has 1 fully saturated rings. The van der Waals surface area contributed by atoms with Crippen LogP contribution in [0, 0.1) is 0 Å². The molecule has 1 aliphatic carbocycles. The molecule has 5 nitrogen and oxygen atoms in total. The lowest BCUT2D eigenvalue weighted by atomic mass is 9.71. The lowest BCUT2D eigenvalue weighted by Crippen LogP contribution is -2.40. The number of hydrogen-bond donors (Lipinski definition) is 1. The molecule has 2 rings (SSSR count). The average molecular weight is 222 g/mol. The van der Waals surface area contributed by atoms with E-state index in [0.29, 0.717) is 31.4 Å². The number of Topliss-reactive ketones (excluding diaryl/α,β-unsaturated/α-hetero) is 1. The van der Waals surface area contributed by atoms with Crippen LogP contribution in [0.15, 0.2) is 12.3 Å². The molecular formula is C11H14N2O3. The Hall–Kier alpha value is -1.65. The summed E-state index contributed by atoms with van der Waals surface area (Å²) in [6, 6.07) is 1.73. The van der Waals surface area contributed by atoms with E-state index in [4.69, 9.17) is 0 Å². The Labute approximate surface area is 93.1 Å². The van der Waals surface area contributed by atoms with Crippen molar-refractivity contribution in [3.8, 4) is 0 Å². The zero-order chi connectivity index (χ0) is 11.8. The van der Waals surface area contributed by atoms with E-state index >= 15 is 0 Å². The van der Waals surface area contributed by atoms with Crippen LogP contribution < -0.4 is 0 Å². The first-order valence-electron chi connectivity index (χ1n) is 5.30. The van der Waals surface area contributed by atoms with Crippen molar-refractivity contribution in [2.45, 2.75) is 31.1 Å². The first-order valence-corrected chi connectivity index (χ1v) is 5.30. The van der Waals surface area contributed by atoms with E-state index in [1.165, 1.54) is 0 Å². The fourth-order valence-electron chi connectivity index (χ4n) is 2.21. The first-order chi connectivity index (χ1) is 7.54. The smallest absolute Gasteiger partial charge is 0.315 e. The number of aryl methyl sites for hydroxylation is 1. The number of carboxylic acids is 1. The maximum Gasteiger partial charge on any atom is 0.315 e. The van der Waals surface area contributed by atoms with Crippen molar-refractivity contribution >= 4 is 11.8 Å². The van der Waals surface area contributed by atoms with Crippen molar-refractivity contribution in [3.63, 3.8) is 0 Å². The van der Waals surface area contributed by atoms with Gasteiger partial charge >= 0.3 is 5.97 Å². The highest BCUT2D eigenvalue weighted by atomic mass is 16.4. The highest BCUT2D eigenvalue weighted by molar-refractivity contribution is 5.87. The largest absolute Gasteiger partial charge is 0.481 e. The Bertz CT molecular complexity index is 426. The van der Waals surface area contributed by atoms with Crippen LogP contribution in [-0.4, -0.2) is 26.6 Å². The van der Waals surface area contributed by atoms with Crippen LogP contribution in [-0.2, 0) is 22.1 Å². The standard InChI is InChI=1S/C11H14N2O3/c1-13-7-4-9(12-13)11(10(15)16)5-2-8(14)3-6-11/h4,7H,2-3,5-6H2,1H3,(H,15,16). The van der Waals surface area contributed by atoms with Gasteiger partial charge in [0.25, 0.3) is 0 Å². The highest BCUT2D eigenvalue weighted by Gasteiger charge is 2.44. The van der Waals surface area contributed by atoms with Gasteiger partial charge in [-0.25, -0.2) is 0 Å². The molecule has 1 N–H and O–H groups in total. The number of aromatic nitrogens is 2. The summed E-state index contributed by atoms with van der Waals surface area (Å²) in [5.41, 5.74) is -0.398. The summed E-state index contributed by atoms with van der Waals surface area (Å²) >= 11 is 0. The SMILES string of the molecule is Cn1ccc(C2(C(=O)O)CCC(=O)CC2)n1. The Balaban J connectivity index is 2.36. The van der Waals surface area contributed by atoms with Gasteiger partial charge in [0.05, 0.1) is 5.69 Å². The summed E-state index contributed by atoms with van der Waals surface area (Å²) < 4.78 is 1.59. The first kappa shape index (κ1) is 10.9. The lowest BCUT2D eigenvalue weighted by molar-refractivity contribution is -0.146. The number of hydrogen-bond acceptors (Lipinski definition) is 3. The summed E-state index contributed by atoms with van der Waals surface area (Å²) in [5, 5.41) is 13.6. The van der Waals surface area contributed by atoms with Crippen molar-refractivity contribution in [1.29, 1.82) is 0 Å². The van der Waals surface area contributed by atoms with Gasteiger partial charge in [0.2, 0.25) is 0 Å². The minimum absolute atomic E-state index is 0.146. The van der Waals surface area contributed by atoms with E-state index in [0.717, 1.165) is 0 Å². The number of aliphatic carboxylic acids is 1. The summed E-state index contributed by atoms with van der Waals surface area (Å²) in [4.78, 5) is 22.6. The molecule has 0 unspecified atom stereocenters. The maximum absolute atomic E-state index is 11.4. The second-order valence-electron chi connectivity index (χ2n) is 4.30. The number of ketones is 1. The van der Waals surface area contributed by atoms with Gasteiger partial charge in [-0.15, -0.1) is 0 Å². The Morgan fingerprint density at radius 3 is 2.56 bits per heavy atom. The molecule has 86 valence electrons. The molecule has 1 aliphatic rings. The van der Waals surface area contributed by atoms with Gasteiger partial charge in [0.1, 0.15) is 11.2 Å². The summed E-state index contributed by atoms with van der Waals surface area (Å²) in [7, 11) is 1.76. The molecule has 0 bridgehead atoms. The summed E-state index contributed by atoms with van der Waals surface area (Å²) in [5.74, 6) is -0.730. The van der Waals surface area contributed by atoms with E-state index in [-0.39, 0.29) is 5.78 Å². The molecule has 0 atom stereocenters. The van der Waals surface area contributed by atoms with Gasteiger partial charge in [0, 0.05) is 26.1 Å². The zero-order valence-corrected chi connectivity index (χ0v) is 9.14. The molecule has 0 spiro atoms. The molecule has 1 saturated carbocycles. The van der Waals surface area contributed by atoms with E-state index in [2.05, 4.69) is 5.10 Å². The normalized spacial score (nSPS) is 19.7. The van der Waals surface area contributed by atoms with Gasteiger partial charge in [-0.05, 0) is 18.9 Å². The van der Waals surface area contributed by atoms with Crippen LogP contribution in [0.4, 0.5) is 0 Å². The fourth-order valence-corrected chi connectivity index (χ4v) is 2.21. The van der Waals surface area contributed by atoms with Gasteiger partial charge < -0.3 is 5.11 Å². The third kappa shape index (κ3) is 1.62. The van der Waals surface area contributed by atoms with Crippen LogP contribution in [0.25, 0.3) is 0 Å². The van der Waals surface area contributed by atoms with Crippen LogP contribution in [0.5, 0.6) is 0 Å². The number of carboxylic acid groups (broad SMARTS) is 1. The predicted octanol–water partition coefficient (Wildman–Crippen LogP) is 0.886. The van der Waals surface area contributed by atoms with E-state index in [1.54, 1.807) is 24.0 Å². The fraction of sp³-hybridized carbons (Fsp3) is 0.545.